The maximum absolute atomic E-state index is 12.4. The summed E-state index contributed by atoms with van der Waals surface area (Å²) in [6, 6.07) is 5.79. The predicted octanol–water partition coefficient (Wildman–Crippen LogP) is 2.75. The van der Waals surface area contributed by atoms with E-state index < -0.39 is 0 Å². The minimum absolute atomic E-state index is 0.133. The number of halogens is 1. The standard InChI is InChI=1S/C15H20BrNO3/c1-3-12-10-20-7-6-17(12)9-14(18)11-4-5-15(19-2)13(16)8-11/h4-5,8,12H,3,6-7,9-10H2,1-2H3. The SMILES string of the molecule is CCC1COCCN1CC(=O)c1ccc(OC)c(Br)c1. The maximum atomic E-state index is 12.4. The van der Waals surface area contributed by atoms with Crippen molar-refractivity contribution in [3.63, 3.8) is 0 Å². The van der Waals surface area contributed by atoms with E-state index in [1.54, 1.807) is 7.11 Å². The first-order chi connectivity index (χ1) is 9.65. The number of morpholine rings is 1. The molecular weight excluding hydrogens is 322 g/mol. The predicted molar refractivity (Wildman–Crippen MR) is 81.5 cm³/mol. The van der Waals surface area contributed by atoms with Crippen LogP contribution in [0.15, 0.2) is 22.7 Å². The van der Waals surface area contributed by atoms with E-state index in [-0.39, 0.29) is 5.78 Å². The van der Waals surface area contributed by atoms with Crippen molar-refractivity contribution in [2.75, 3.05) is 33.4 Å². The van der Waals surface area contributed by atoms with Gasteiger partial charge < -0.3 is 9.47 Å². The Morgan fingerprint density at radius 1 is 1.55 bits per heavy atom. The Bertz CT molecular complexity index is 478. The van der Waals surface area contributed by atoms with E-state index in [0.717, 1.165) is 29.8 Å². The Morgan fingerprint density at radius 2 is 2.35 bits per heavy atom. The van der Waals surface area contributed by atoms with Gasteiger partial charge in [-0.1, -0.05) is 6.92 Å². The largest absolute Gasteiger partial charge is 0.496 e. The van der Waals surface area contributed by atoms with Gasteiger partial charge in [0.05, 0.1) is 31.3 Å². The topological polar surface area (TPSA) is 38.8 Å². The van der Waals surface area contributed by atoms with Crippen molar-refractivity contribution in [2.24, 2.45) is 0 Å². The summed E-state index contributed by atoms with van der Waals surface area (Å²) in [6.07, 6.45) is 1.000. The number of ketones is 1. The summed E-state index contributed by atoms with van der Waals surface area (Å²) >= 11 is 3.42. The second-order valence-corrected chi connectivity index (χ2v) is 5.73. The van der Waals surface area contributed by atoms with Gasteiger partial charge in [-0.3, -0.25) is 9.69 Å². The van der Waals surface area contributed by atoms with Crippen molar-refractivity contribution in [3.05, 3.63) is 28.2 Å². The number of Topliss-reactive ketones (excluding diaryl/α,β-unsaturated/α-hetero) is 1. The first-order valence-electron chi connectivity index (χ1n) is 6.84. The number of carbonyl (C=O) groups excluding carboxylic acids is 1. The highest BCUT2D eigenvalue weighted by Crippen LogP contribution is 2.26. The van der Waals surface area contributed by atoms with Gasteiger partial charge in [-0.05, 0) is 40.5 Å². The Kier molecular flexibility index (Phi) is 5.57. The molecule has 0 saturated carbocycles. The molecule has 0 aromatic heterocycles. The zero-order chi connectivity index (χ0) is 14.5. The molecule has 110 valence electrons. The van der Waals surface area contributed by atoms with Gasteiger partial charge in [-0.2, -0.15) is 0 Å². The monoisotopic (exact) mass is 341 g/mol. The van der Waals surface area contributed by atoms with Crippen LogP contribution in [0.4, 0.5) is 0 Å². The highest BCUT2D eigenvalue weighted by atomic mass is 79.9. The number of carbonyl (C=O) groups is 1. The Morgan fingerprint density at radius 3 is 3.00 bits per heavy atom. The van der Waals surface area contributed by atoms with E-state index in [9.17, 15) is 4.79 Å². The number of methoxy groups -OCH3 is 1. The summed E-state index contributed by atoms with van der Waals surface area (Å²) in [7, 11) is 1.61. The van der Waals surface area contributed by atoms with Gasteiger partial charge >= 0.3 is 0 Å². The van der Waals surface area contributed by atoms with Crippen molar-refractivity contribution in [1.82, 2.24) is 4.90 Å². The zero-order valence-electron chi connectivity index (χ0n) is 11.9. The van der Waals surface area contributed by atoms with Gasteiger partial charge in [0.1, 0.15) is 5.75 Å². The molecule has 1 atom stereocenters. The van der Waals surface area contributed by atoms with Crippen LogP contribution in [0.1, 0.15) is 23.7 Å². The fourth-order valence-electron chi connectivity index (χ4n) is 2.39. The second kappa shape index (κ2) is 7.20. The first kappa shape index (κ1) is 15.5. The van der Waals surface area contributed by atoms with Crippen LogP contribution in [-0.2, 0) is 4.74 Å². The van der Waals surface area contributed by atoms with Crippen LogP contribution in [-0.4, -0.2) is 50.1 Å². The summed E-state index contributed by atoms with van der Waals surface area (Å²) in [5.74, 6) is 0.869. The quantitative estimate of drug-likeness (QED) is 0.772. The lowest BCUT2D eigenvalue weighted by molar-refractivity contribution is -0.00585. The molecule has 0 bridgehead atoms. The summed E-state index contributed by atoms with van der Waals surface area (Å²) in [5.41, 5.74) is 0.707. The van der Waals surface area contributed by atoms with Crippen molar-refractivity contribution in [2.45, 2.75) is 19.4 Å². The van der Waals surface area contributed by atoms with Crippen molar-refractivity contribution in [3.8, 4) is 5.75 Å². The molecule has 20 heavy (non-hydrogen) atoms. The normalized spacial score (nSPS) is 19.9. The molecule has 0 aliphatic carbocycles. The maximum Gasteiger partial charge on any atom is 0.176 e. The number of benzene rings is 1. The second-order valence-electron chi connectivity index (χ2n) is 4.88. The molecule has 0 N–H and O–H groups in total. The van der Waals surface area contributed by atoms with Crippen LogP contribution in [0.25, 0.3) is 0 Å². The summed E-state index contributed by atoms with van der Waals surface area (Å²) in [5, 5.41) is 0. The molecular formula is C15H20BrNO3. The fourth-order valence-corrected chi connectivity index (χ4v) is 2.93. The third-order valence-electron chi connectivity index (χ3n) is 3.64. The third-order valence-corrected chi connectivity index (χ3v) is 4.26. The van der Waals surface area contributed by atoms with Crippen LogP contribution in [0.2, 0.25) is 0 Å². The Balaban J connectivity index is 2.05. The van der Waals surface area contributed by atoms with Crippen LogP contribution in [0.3, 0.4) is 0 Å². The van der Waals surface area contributed by atoms with Gasteiger partial charge in [0.25, 0.3) is 0 Å². The number of rotatable bonds is 5. The highest BCUT2D eigenvalue weighted by Gasteiger charge is 2.23. The van der Waals surface area contributed by atoms with Crippen LogP contribution in [0.5, 0.6) is 5.75 Å². The molecule has 1 fully saturated rings. The van der Waals surface area contributed by atoms with E-state index in [0.29, 0.717) is 24.8 Å². The highest BCUT2D eigenvalue weighted by molar-refractivity contribution is 9.10. The van der Waals surface area contributed by atoms with E-state index in [1.807, 2.05) is 18.2 Å². The Labute approximate surface area is 128 Å². The van der Waals surface area contributed by atoms with Crippen LogP contribution >= 0.6 is 15.9 Å². The molecule has 1 saturated heterocycles. The molecule has 1 aromatic carbocycles. The zero-order valence-corrected chi connectivity index (χ0v) is 13.5. The molecule has 1 aliphatic heterocycles. The van der Waals surface area contributed by atoms with E-state index in [2.05, 4.69) is 27.8 Å². The van der Waals surface area contributed by atoms with Gasteiger partial charge in [0.2, 0.25) is 0 Å². The van der Waals surface area contributed by atoms with Crippen molar-refractivity contribution < 1.29 is 14.3 Å². The molecule has 0 spiro atoms. The summed E-state index contributed by atoms with van der Waals surface area (Å²) in [6.45, 7) is 4.81. The smallest absolute Gasteiger partial charge is 0.176 e. The van der Waals surface area contributed by atoms with Crippen LogP contribution < -0.4 is 4.74 Å². The molecule has 1 aromatic rings. The molecule has 0 amide bonds. The molecule has 4 nitrogen and oxygen atoms in total. The van der Waals surface area contributed by atoms with Gasteiger partial charge in [-0.15, -0.1) is 0 Å². The molecule has 1 heterocycles. The van der Waals surface area contributed by atoms with E-state index in [1.165, 1.54) is 0 Å². The molecule has 1 unspecified atom stereocenters. The minimum Gasteiger partial charge on any atom is -0.496 e. The molecule has 1 aliphatic rings. The summed E-state index contributed by atoms with van der Waals surface area (Å²) < 4.78 is 11.4. The average Bonchev–Trinajstić information content (AvgIpc) is 2.47. The van der Waals surface area contributed by atoms with Gasteiger partial charge in [-0.25, -0.2) is 0 Å². The number of hydrogen-bond donors (Lipinski definition) is 0. The number of nitrogens with zero attached hydrogens (tertiary/aromatic N) is 1. The van der Waals surface area contributed by atoms with Crippen molar-refractivity contribution >= 4 is 21.7 Å². The lowest BCUT2D eigenvalue weighted by Gasteiger charge is -2.34. The Hall–Kier alpha value is -0.910. The average molecular weight is 342 g/mol. The van der Waals surface area contributed by atoms with Crippen molar-refractivity contribution in [1.29, 1.82) is 0 Å². The third kappa shape index (κ3) is 3.59. The number of hydrogen-bond acceptors (Lipinski definition) is 4. The van der Waals surface area contributed by atoms with E-state index >= 15 is 0 Å². The lowest BCUT2D eigenvalue weighted by Crippen LogP contribution is -2.47. The first-order valence-corrected chi connectivity index (χ1v) is 7.63. The van der Waals surface area contributed by atoms with E-state index in [4.69, 9.17) is 9.47 Å². The van der Waals surface area contributed by atoms with Crippen LogP contribution in [0, 0.1) is 0 Å². The summed E-state index contributed by atoms with van der Waals surface area (Å²) in [4.78, 5) is 14.6. The number of ether oxygens (including phenoxy) is 2. The van der Waals surface area contributed by atoms with Gasteiger partial charge in [0.15, 0.2) is 5.78 Å². The van der Waals surface area contributed by atoms with Gasteiger partial charge in [0, 0.05) is 18.2 Å². The fraction of sp³-hybridized carbons (Fsp3) is 0.533. The molecule has 2 rings (SSSR count). The minimum atomic E-state index is 0.133. The molecule has 5 heteroatoms. The lowest BCUT2D eigenvalue weighted by atomic mass is 10.1. The molecule has 0 radical (unpaired) electrons.